The van der Waals surface area contributed by atoms with E-state index >= 15 is 0 Å². The van der Waals surface area contributed by atoms with Crippen molar-refractivity contribution in [2.75, 3.05) is 0 Å². The summed E-state index contributed by atoms with van der Waals surface area (Å²) in [5.74, 6) is 0.508. The molecular weight excluding hydrogens is 367 g/mol. The average Bonchev–Trinajstić information content (AvgIpc) is 2.34. The van der Waals surface area contributed by atoms with Crippen LogP contribution in [0.2, 0.25) is 0 Å². The van der Waals surface area contributed by atoms with E-state index in [-0.39, 0.29) is 12.4 Å². The SMILES string of the molecule is NCc1ncc(Br)cc1Oc1cc(F)ccc1Br. The van der Waals surface area contributed by atoms with Crippen LogP contribution in [-0.2, 0) is 6.54 Å². The lowest BCUT2D eigenvalue weighted by Gasteiger charge is -2.11. The number of hydrogen-bond donors (Lipinski definition) is 1. The fourth-order valence-electron chi connectivity index (χ4n) is 1.36. The van der Waals surface area contributed by atoms with Crippen LogP contribution in [0.4, 0.5) is 4.39 Å². The molecule has 2 N–H and O–H groups in total. The summed E-state index contributed by atoms with van der Waals surface area (Å²) < 4.78 is 20.2. The number of halogens is 3. The summed E-state index contributed by atoms with van der Waals surface area (Å²) in [4.78, 5) is 4.14. The Bertz CT molecular complexity index is 578. The van der Waals surface area contributed by atoms with Crippen molar-refractivity contribution in [2.24, 2.45) is 5.73 Å². The fourth-order valence-corrected chi connectivity index (χ4v) is 2.00. The highest BCUT2D eigenvalue weighted by molar-refractivity contribution is 9.10. The highest BCUT2D eigenvalue weighted by Gasteiger charge is 2.09. The van der Waals surface area contributed by atoms with E-state index in [0.29, 0.717) is 21.7 Å². The largest absolute Gasteiger partial charge is 0.454 e. The molecule has 2 rings (SSSR count). The van der Waals surface area contributed by atoms with E-state index in [9.17, 15) is 4.39 Å². The molecular formula is C12H9Br2FN2O. The molecule has 0 saturated heterocycles. The van der Waals surface area contributed by atoms with E-state index < -0.39 is 0 Å². The normalized spacial score (nSPS) is 10.4. The predicted octanol–water partition coefficient (Wildman–Crippen LogP) is 4.00. The van der Waals surface area contributed by atoms with Crippen molar-refractivity contribution in [3.8, 4) is 11.5 Å². The fraction of sp³-hybridized carbons (Fsp3) is 0.0833. The molecule has 0 aliphatic carbocycles. The lowest BCUT2D eigenvalue weighted by molar-refractivity contribution is 0.464. The first-order valence-electron chi connectivity index (χ1n) is 5.07. The van der Waals surface area contributed by atoms with Crippen LogP contribution in [0.5, 0.6) is 11.5 Å². The van der Waals surface area contributed by atoms with E-state index in [1.165, 1.54) is 12.1 Å². The van der Waals surface area contributed by atoms with Gasteiger partial charge in [-0.1, -0.05) is 0 Å². The number of hydrogen-bond acceptors (Lipinski definition) is 3. The average molecular weight is 376 g/mol. The molecule has 2 aromatic rings. The van der Waals surface area contributed by atoms with Crippen molar-refractivity contribution < 1.29 is 9.13 Å². The van der Waals surface area contributed by atoms with Crippen LogP contribution < -0.4 is 10.5 Å². The molecule has 0 aliphatic rings. The minimum Gasteiger partial charge on any atom is -0.454 e. The molecule has 0 fully saturated rings. The molecule has 18 heavy (non-hydrogen) atoms. The zero-order chi connectivity index (χ0) is 13.1. The van der Waals surface area contributed by atoms with Gasteiger partial charge in [-0.15, -0.1) is 0 Å². The Morgan fingerprint density at radius 2 is 2.00 bits per heavy atom. The summed E-state index contributed by atoms with van der Waals surface area (Å²) in [5, 5.41) is 0. The Kier molecular flexibility index (Phi) is 4.31. The summed E-state index contributed by atoms with van der Waals surface area (Å²) in [6.07, 6.45) is 1.63. The van der Waals surface area contributed by atoms with Gasteiger partial charge < -0.3 is 10.5 Å². The van der Waals surface area contributed by atoms with Gasteiger partial charge in [-0.2, -0.15) is 0 Å². The van der Waals surface area contributed by atoms with Crippen LogP contribution in [0.3, 0.4) is 0 Å². The van der Waals surface area contributed by atoms with Crippen LogP contribution >= 0.6 is 31.9 Å². The third-order valence-corrected chi connectivity index (χ3v) is 3.29. The van der Waals surface area contributed by atoms with Gasteiger partial charge >= 0.3 is 0 Å². The molecule has 3 nitrogen and oxygen atoms in total. The molecule has 0 saturated carbocycles. The van der Waals surface area contributed by atoms with Gasteiger partial charge in [0.05, 0.1) is 10.2 Å². The summed E-state index contributed by atoms with van der Waals surface area (Å²) in [6.45, 7) is 0.246. The molecule has 0 unspecified atom stereocenters. The van der Waals surface area contributed by atoms with E-state index in [1.54, 1.807) is 18.3 Å². The second kappa shape index (κ2) is 5.77. The smallest absolute Gasteiger partial charge is 0.151 e. The topological polar surface area (TPSA) is 48.1 Å². The number of rotatable bonds is 3. The summed E-state index contributed by atoms with van der Waals surface area (Å²) >= 11 is 6.60. The maximum atomic E-state index is 13.2. The zero-order valence-corrected chi connectivity index (χ0v) is 12.3. The molecule has 1 aromatic heterocycles. The van der Waals surface area contributed by atoms with E-state index in [2.05, 4.69) is 36.8 Å². The van der Waals surface area contributed by atoms with Crippen LogP contribution in [0, 0.1) is 5.82 Å². The van der Waals surface area contributed by atoms with Gasteiger partial charge in [0.25, 0.3) is 0 Å². The minimum atomic E-state index is -0.370. The minimum absolute atomic E-state index is 0.246. The van der Waals surface area contributed by atoms with E-state index in [1.807, 2.05) is 0 Å². The number of nitrogens with zero attached hydrogens (tertiary/aromatic N) is 1. The standard InChI is InChI=1S/C12H9Br2FN2O/c13-7-3-12(10(5-16)17-6-7)18-11-4-8(15)1-2-9(11)14/h1-4,6H,5,16H2. The highest BCUT2D eigenvalue weighted by Crippen LogP contribution is 2.32. The van der Waals surface area contributed by atoms with Gasteiger partial charge in [0.2, 0.25) is 0 Å². The molecule has 0 spiro atoms. The lowest BCUT2D eigenvalue weighted by Crippen LogP contribution is -2.02. The molecule has 0 amide bonds. The second-order valence-corrected chi connectivity index (χ2v) is 5.25. The maximum Gasteiger partial charge on any atom is 0.151 e. The van der Waals surface area contributed by atoms with Crippen molar-refractivity contribution in [3.05, 3.63) is 50.9 Å². The number of ether oxygens (including phenoxy) is 1. The number of aromatic nitrogens is 1. The van der Waals surface area contributed by atoms with E-state index in [4.69, 9.17) is 10.5 Å². The van der Waals surface area contributed by atoms with E-state index in [0.717, 1.165) is 4.47 Å². The quantitative estimate of drug-likeness (QED) is 0.882. The molecule has 0 radical (unpaired) electrons. The summed E-state index contributed by atoms with van der Waals surface area (Å²) in [7, 11) is 0. The maximum absolute atomic E-state index is 13.2. The lowest BCUT2D eigenvalue weighted by atomic mass is 10.3. The highest BCUT2D eigenvalue weighted by atomic mass is 79.9. The van der Waals surface area contributed by atoms with Crippen LogP contribution in [-0.4, -0.2) is 4.98 Å². The zero-order valence-electron chi connectivity index (χ0n) is 9.16. The van der Waals surface area contributed by atoms with Gasteiger partial charge in [-0.3, -0.25) is 4.98 Å². The number of pyridine rings is 1. The Morgan fingerprint density at radius 3 is 2.72 bits per heavy atom. The number of benzene rings is 1. The van der Waals surface area contributed by atoms with Crippen LogP contribution in [0.25, 0.3) is 0 Å². The molecule has 6 heteroatoms. The van der Waals surface area contributed by atoms with Crippen LogP contribution in [0.1, 0.15) is 5.69 Å². The first-order chi connectivity index (χ1) is 8.60. The van der Waals surface area contributed by atoms with Gasteiger partial charge in [-0.05, 0) is 50.1 Å². The molecule has 1 heterocycles. The molecule has 0 bridgehead atoms. The number of nitrogens with two attached hydrogens (primary N) is 1. The van der Waals surface area contributed by atoms with Crippen molar-refractivity contribution in [1.82, 2.24) is 4.98 Å². The summed E-state index contributed by atoms with van der Waals surface area (Å²) in [6, 6.07) is 5.97. The third kappa shape index (κ3) is 3.07. The monoisotopic (exact) mass is 374 g/mol. The second-order valence-electron chi connectivity index (χ2n) is 3.48. The Morgan fingerprint density at radius 1 is 1.22 bits per heavy atom. The molecule has 1 aromatic carbocycles. The van der Waals surface area contributed by atoms with Gasteiger partial charge in [0.1, 0.15) is 11.6 Å². The summed E-state index contributed by atoms with van der Waals surface area (Å²) in [5.41, 5.74) is 6.18. The van der Waals surface area contributed by atoms with Crippen LogP contribution in [0.15, 0.2) is 39.4 Å². The van der Waals surface area contributed by atoms with Crippen molar-refractivity contribution in [2.45, 2.75) is 6.54 Å². The Labute approximate surface area is 120 Å². The van der Waals surface area contributed by atoms with Gasteiger partial charge in [-0.25, -0.2) is 4.39 Å². The van der Waals surface area contributed by atoms with Gasteiger partial charge in [0.15, 0.2) is 5.75 Å². The first-order valence-corrected chi connectivity index (χ1v) is 6.66. The van der Waals surface area contributed by atoms with Gasteiger partial charge in [0, 0.05) is 23.3 Å². The molecule has 0 aliphatic heterocycles. The molecule has 94 valence electrons. The first kappa shape index (κ1) is 13.5. The van der Waals surface area contributed by atoms with Crippen molar-refractivity contribution in [3.63, 3.8) is 0 Å². The Hall–Kier alpha value is -0.980. The predicted molar refractivity (Wildman–Crippen MR) is 74.0 cm³/mol. The van der Waals surface area contributed by atoms with Crippen molar-refractivity contribution >= 4 is 31.9 Å². The third-order valence-electron chi connectivity index (χ3n) is 2.20. The van der Waals surface area contributed by atoms with Crippen molar-refractivity contribution in [1.29, 1.82) is 0 Å². The Balaban J connectivity index is 2.38. The molecule has 0 atom stereocenters.